The molecule has 4 heteroatoms. The average Bonchev–Trinajstić information content (AvgIpc) is 3.37. The molecule has 36 heavy (non-hydrogen) atoms. The normalized spacial score (nSPS) is 12.3. The number of benzene rings is 3. The SMILES string of the molecule is CC(C)(C)c1ccc(-c2nc3c(Br)ccc(-c4cccs4)c3nc2-c2ccc(C(C)(C)C)cc2)cc1. The van der Waals surface area contributed by atoms with E-state index in [-0.39, 0.29) is 10.8 Å². The second kappa shape index (κ2) is 9.24. The van der Waals surface area contributed by atoms with Gasteiger partial charge in [0.1, 0.15) is 5.52 Å². The largest absolute Gasteiger partial charge is 0.243 e. The van der Waals surface area contributed by atoms with Crippen molar-refractivity contribution < 1.29 is 0 Å². The van der Waals surface area contributed by atoms with Crippen LogP contribution < -0.4 is 0 Å². The van der Waals surface area contributed by atoms with Crippen LogP contribution in [0.3, 0.4) is 0 Å². The van der Waals surface area contributed by atoms with Gasteiger partial charge in [0.05, 0.1) is 16.9 Å². The fraction of sp³-hybridized carbons (Fsp3) is 0.250. The second-order valence-electron chi connectivity index (χ2n) is 11.3. The molecule has 2 nitrogen and oxygen atoms in total. The van der Waals surface area contributed by atoms with Gasteiger partial charge in [0.25, 0.3) is 0 Å². The summed E-state index contributed by atoms with van der Waals surface area (Å²) in [4.78, 5) is 11.8. The van der Waals surface area contributed by atoms with Crippen LogP contribution in [0, 0.1) is 0 Å². The summed E-state index contributed by atoms with van der Waals surface area (Å²) in [6.07, 6.45) is 0. The van der Waals surface area contributed by atoms with Gasteiger partial charge in [0.15, 0.2) is 0 Å². The van der Waals surface area contributed by atoms with Crippen molar-refractivity contribution in [3.8, 4) is 33.0 Å². The highest BCUT2D eigenvalue weighted by molar-refractivity contribution is 9.10. The lowest BCUT2D eigenvalue weighted by atomic mass is 9.85. The van der Waals surface area contributed by atoms with Crippen LogP contribution in [0.2, 0.25) is 0 Å². The van der Waals surface area contributed by atoms with E-state index in [1.807, 2.05) is 0 Å². The van der Waals surface area contributed by atoms with Crippen LogP contribution in [-0.4, -0.2) is 9.97 Å². The third kappa shape index (κ3) is 4.77. The Hall–Kier alpha value is -2.82. The Bertz CT molecular complexity index is 1520. The van der Waals surface area contributed by atoms with E-state index in [4.69, 9.17) is 9.97 Å². The van der Waals surface area contributed by atoms with Gasteiger partial charge in [-0.3, -0.25) is 0 Å². The van der Waals surface area contributed by atoms with Crippen molar-refractivity contribution >= 4 is 38.3 Å². The van der Waals surface area contributed by atoms with Gasteiger partial charge in [-0.1, -0.05) is 102 Å². The zero-order chi connectivity index (χ0) is 25.7. The second-order valence-corrected chi connectivity index (χ2v) is 13.1. The van der Waals surface area contributed by atoms with Crippen LogP contribution in [-0.2, 0) is 10.8 Å². The van der Waals surface area contributed by atoms with E-state index >= 15 is 0 Å². The molecule has 0 unspecified atom stereocenters. The maximum atomic E-state index is 5.32. The van der Waals surface area contributed by atoms with E-state index in [0.29, 0.717) is 0 Å². The number of hydrogen-bond donors (Lipinski definition) is 0. The quantitative estimate of drug-likeness (QED) is 0.221. The smallest absolute Gasteiger partial charge is 0.104 e. The number of hydrogen-bond acceptors (Lipinski definition) is 3. The standard InChI is InChI=1S/C32H31BrN2S/c1-31(2,3)22-13-9-20(10-14-22)27-28(21-11-15-23(16-12-21)32(4,5)6)35-30-25(33)18-17-24(29(30)34-27)26-8-7-19-36-26/h7-19H,1-6H3. The molecule has 5 rings (SSSR count). The van der Waals surface area contributed by atoms with Crippen molar-refractivity contribution in [2.75, 3.05) is 0 Å². The summed E-state index contributed by atoms with van der Waals surface area (Å²) in [7, 11) is 0. The first-order chi connectivity index (χ1) is 17.0. The number of halogens is 1. The summed E-state index contributed by atoms with van der Waals surface area (Å²) in [6.45, 7) is 13.4. The predicted octanol–water partition coefficient (Wildman–Crippen LogP) is 10.0. The lowest BCUT2D eigenvalue weighted by molar-refractivity contribution is 0.590. The number of aromatic nitrogens is 2. The predicted molar refractivity (Wildman–Crippen MR) is 159 cm³/mol. The molecule has 0 bridgehead atoms. The molecule has 0 radical (unpaired) electrons. The Balaban J connectivity index is 1.77. The lowest BCUT2D eigenvalue weighted by Crippen LogP contribution is -2.10. The van der Waals surface area contributed by atoms with E-state index in [0.717, 1.165) is 43.6 Å². The Kier molecular flexibility index (Phi) is 6.38. The van der Waals surface area contributed by atoms with E-state index < -0.39 is 0 Å². The maximum Gasteiger partial charge on any atom is 0.104 e. The molecular weight excluding hydrogens is 524 g/mol. The van der Waals surface area contributed by atoms with Gasteiger partial charge in [0.2, 0.25) is 0 Å². The highest BCUT2D eigenvalue weighted by Crippen LogP contribution is 2.39. The molecule has 0 saturated heterocycles. The molecule has 5 aromatic rings. The molecule has 0 aliphatic carbocycles. The average molecular weight is 556 g/mol. The first-order valence-electron chi connectivity index (χ1n) is 12.3. The third-order valence-corrected chi connectivity index (χ3v) is 8.15. The van der Waals surface area contributed by atoms with Crippen LogP contribution in [0.5, 0.6) is 0 Å². The van der Waals surface area contributed by atoms with Gasteiger partial charge in [-0.25, -0.2) is 9.97 Å². The van der Waals surface area contributed by atoms with Gasteiger partial charge in [-0.2, -0.15) is 0 Å². The van der Waals surface area contributed by atoms with Crippen molar-refractivity contribution in [2.24, 2.45) is 0 Å². The molecule has 0 N–H and O–H groups in total. The molecule has 182 valence electrons. The molecule has 2 aromatic heterocycles. The summed E-state index contributed by atoms with van der Waals surface area (Å²) < 4.78 is 0.951. The molecule has 0 fully saturated rings. The Morgan fingerprint density at radius 3 is 1.56 bits per heavy atom. The third-order valence-electron chi connectivity index (χ3n) is 6.61. The van der Waals surface area contributed by atoms with Crippen LogP contribution >= 0.6 is 27.3 Å². The summed E-state index contributed by atoms with van der Waals surface area (Å²) >= 11 is 5.48. The first kappa shape index (κ1) is 24.9. The van der Waals surface area contributed by atoms with Crippen molar-refractivity contribution in [1.29, 1.82) is 0 Å². The summed E-state index contributed by atoms with van der Waals surface area (Å²) in [6, 6.07) is 26.0. The fourth-order valence-corrected chi connectivity index (χ4v) is 5.55. The van der Waals surface area contributed by atoms with Crippen LogP contribution in [0.1, 0.15) is 52.7 Å². The van der Waals surface area contributed by atoms with E-state index in [2.05, 4.69) is 136 Å². The Morgan fingerprint density at radius 1 is 0.611 bits per heavy atom. The van der Waals surface area contributed by atoms with Crippen molar-refractivity contribution in [3.05, 3.63) is 93.8 Å². The minimum atomic E-state index is 0.0937. The summed E-state index contributed by atoms with van der Waals surface area (Å²) in [5.41, 5.74) is 9.65. The van der Waals surface area contributed by atoms with Gasteiger partial charge in [0, 0.05) is 26.0 Å². The van der Waals surface area contributed by atoms with Gasteiger partial charge >= 0.3 is 0 Å². The molecule has 2 heterocycles. The van der Waals surface area contributed by atoms with Gasteiger partial charge in [-0.15, -0.1) is 11.3 Å². The van der Waals surface area contributed by atoms with Crippen LogP contribution in [0.15, 0.2) is 82.6 Å². The Morgan fingerprint density at radius 2 is 1.11 bits per heavy atom. The lowest BCUT2D eigenvalue weighted by Gasteiger charge is -2.20. The zero-order valence-corrected chi connectivity index (χ0v) is 24.1. The minimum absolute atomic E-state index is 0.0937. The first-order valence-corrected chi connectivity index (χ1v) is 14.0. The fourth-order valence-electron chi connectivity index (χ4n) is 4.39. The van der Waals surface area contributed by atoms with E-state index in [1.54, 1.807) is 11.3 Å². The van der Waals surface area contributed by atoms with E-state index in [9.17, 15) is 0 Å². The number of nitrogens with zero attached hydrogens (tertiary/aromatic N) is 2. The monoisotopic (exact) mass is 554 g/mol. The molecule has 3 aromatic carbocycles. The molecule has 0 spiro atoms. The molecule has 0 amide bonds. The number of fused-ring (bicyclic) bond motifs is 1. The van der Waals surface area contributed by atoms with Gasteiger partial charge < -0.3 is 0 Å². The summed E-state index contributed by atoms with van der Waals surface area (Å²) in [5.74, 6) is 0. The molecule has 0 aliphatic heterocycles. The Labute approximate surface area is 226 Å². The van der Waals surface area contributed by atoms with Crippen LogP contribution in [0.4, 0.5) is 0 Å². The zero-order valence-electron chi connectivity index (χ0n) is 21.7. The van der Waals surface area contributed by atoms with Crippen molar-refractivity contribution in [3.63, 3.8) is 0 Å². The van der Waals surface area contributed by atoms with Crippen LogP contribution in [0.25, 0.3) is 44.0 Å². The number of thiophene rings is 1. The molecule has 0 aliphatic rings. The highest BCUT2D eigenvalue weighted by Gasteiger charge is 2.20. The molecule has 0 saturated carbocycles. The molecular formula is C32H31BrN2S. The minimum Gasteiger partial charge on any atom is -0.243 e. The van der Waals surface area contributed by atoms with E-state index in [1.165, 1.54) is 16.0 Å². The summed E-state index contributed by atoms with van der Waals surface area (Å²) in [5, 5.41) is 2.11. The highest BCUT2D eigenvalue weighted by atomic mass is 79.9. The van der Waals surface area contributed by atoms with Crippen molar-refractivity contribution in [1.82, 2.24) is 9.97 Å². The van der Waals surface area contributed by atoms with Crippen molar-refractivity contribution in [2.45, 2.75) is 52.4 Å². The topological polar surface area (TPSA) is 25.8 Å². The molecule has 0 atom stereocenters. The maximum absolute atomic E-state index is 5.32. The number of rotatable bonds is 3. The van der Waals surface area contributed by atoms with Gasteiger partial charge in [-0.05, 0) is 55.4 Å².